The van der Waals surface area contributed by atoms with Gasteiger partial charge in [0.05, 0.1) is 12.8 Å². The number of amides is 1. The molecular formula is C18H24ClN5O2. The number of carbonyl (C=O) groups excluding carboxylic acids is 1. The molecule has 0 aromatic carbocycles. The first kappa shape index (κ1) is 18.8. The molecule has 2 aromatic rings. The Morgan fingerprint density at radius 3 is 2.96 bits per heavy atom. The Balaban J connectivity index is 0.00000196. The van der Waals surface area contributed by atoms with Crippen molar-refractivity contribution in [2.75, 3.05) is 13.1 Å². The summed E-state index contributed by atoms with van der Waals surface area (Å²) in [4.78, 5) is 19.3. The second kappa shape index (κ2) is 8.64. The van der Waals surface area contributed by atoms with Crippen LogP contribution in [0.25, 0.3) is 0 Å². The Kier molecular flexibility index (Phi) is 6.26. The number of nitrogens with zero attached hydrogens (tertiary/aromatic N) is 2. The third kappa shape index (κ3) is 4.07. The topological polar surface area (TPSA) is 82.4 Å². The molecule has 2 aromatic heterocycles. The fourth-order valence-corrected chi connectivity index (χ4v) is 3.67. The van der Waals surface area contributed by atoms with E-state index in [2.05, 4.69) is 21.2 Å². The van der Waals surface area contributed by atoms with Crippen molar-refractivity contribution >= 4 is 18.3 Å². The number of hydrogen-bond donors (Lipinski definition) is 3. The number of nitrogens with one attached hydrogen (secondary N) is 3. The van der Waals surface area contributed by atoms with Crippen LogP contribution in [0.3, 0.4) is 0 Å². The van der Waals surface area contributed by atoms with E-state index in [1.807, 2.05) is 29.2 Å². The van der Waals surface area contributed by atoms with E-state index in [4.69, 9.17) is 4.42 Å². The highest BCUT2D eigenvalue weighted by Gasteiger charge is 2.42. The summed E-state index contributed by atoms with van der Waals surface area (Å²) < 4.78 is 5.46. The lowest BCUT2D eigenvalue weighted by molar-refractivity contribution is -0.135. The highest BCUT2D eigenvalue weighted by Crippen LogP contribution is 2.23. The number of pyridine rings is 1. The van der Waals surface area contributed by atoms with Crippen molar-refractivity contribution in [3.8, 4) is 0 Å². The summed E-state index contributed by atoms with van der Waals surface area (Å²) in [6.45, 7) is 2.80. The molecule has 0 radical (unpaired) electrons. The van der Waals surface area contributed by atoms with Crippen molar-refractivity contribution in [2.45, 2.75) is 31.6 Å². The molecule has 0 bridgehead atoms. The number of piperidine rings is 1. The molecule has 0 spiro atoms. The number of carbonyl (C=O) groups is 1. The summed E-state index contributed by atoms with van der Waals surface area (Å²) in [7, 11) is 0. The van der Waals surface area contributed by atoms with Crippen LogP contribution in [0.5, 0.6) is 0 Å². The quantitative estimate of drug-likeness (QED) is 0.723. The Morgan fingerprint density at radius 1 is 1.27 bits per heavy atom. The summed E-state index contributed by atoms with van der Waals surface area (Å²) in [6.07, 6.45) is 6.21. The summed E-state index contributed by atoms with van der Waals surface area (Å²) in [5.41, 5.74) is 7.52. The molecule has 2 fully saturated rings. The van der Waals surface area contributed by atoms with Crippen LogP contribution in [0.1, 0.15) is 17.7 Å². The second-order valence-corrected chi connectivity index (χ2v) is 6.66. The van der Waals surface area contributed by atoms with Crippen molar-refractivity contribution < 1.29 is 9.21 Å². The van der Waals surface area contributed by atoms with Gasteiger partial charge in [-0.3, -0.25) is 15.2 Å². The monoisotopic (exact) mass is 377 g/mol. The predicted molar refractivity (Wildman–Crippen MR) is 99.3 cm³/mol. The maximum atomic E-state index is 13.3. The first-order valence-electron chi connectivity index (χ1n) is 8.73. The normalized spacial score (nSPS) is 24.5. The third-order valence-electron chi connectivity index (χ3n) is 4.98. The smallest absolute Gasteiger partial charge is 0.242 e. The van der Waals surface area contributed by atoms with Gasteiger partial charge in [-0.1, -0.05) is 6.07 Å². The van der Waals surface area contributed by atoms with Crippen LogP contribution in [0, 0.1) is 5.92 Å². The van der Waals surface area contributed by atoms with Gasteiger partial charge in [0.25, 0.3) is 0 Å². The highest BCUT2D eigenvalue weighted by molar-refractivity contribution is 5.85. The molecule has 4 rings (SSSR count). The first-order chi connectivity index (χ1) is 12.3. The molecule has 0 saturated carbocycles. The van der Waals surface area contributed by atoms with Gasteiger partial charge in [-0.2, -0.15) is 0 Å². The minimum Gasteiger partial charge on any atom is -0.467 e. The van der Waals surface area contributed by atoms with E-state index in [0.29, 0.717) is 19.1 Å². The van der Waals surface area contributed by atoms with Gasteiger partial charge in [-0.05, 0) is 36.7 Å². The molecule has 3 unspecified atom stereocenters. The predicted octanol–water partition coefficient (Wildman–Crippen LogP) is 1.08. The molecule has 0 aliphatic carbocycles. The van der Waals surface area contributed by atoms with Gasteiger partial charge in [0, 0.05) is 37.4 Å². The number of halogens is 1. The average Bonchev–Trinajstić information content (AvgIpc) is 3.31. The molecule has 1 amide bonds. The number of fused-ring (bicyclic) bond motifs is 1. The number of rotatable bonds is 5. The Morgan fingerprint density at radius 2 is 2.19 bits per heavy atom. The molecule has 3 atom stereocenters. The molecule has 3 N–H and O–H groups in total. The lowest BCUT2D eigenvalue weighted by atomic mass is 9.89. The van der Waals surface area contributed by atoms with Crippen molar-refractivity contribution in [3.05, 3.63) is 54.2 Å². The van der Waals surface area contributed by atoms with Crippen molar-refractivity contribution in [1.29, 1.82) is 0 Å². The van der Waals surface area contributed by atoms with Gasteiger partial charge < -0.3 is 14.6 Å². The Bertz CT molecular complexity index is 697. The lowest BCUT2D eigenvalue weighted by Crippen LogP contribution is -2.50. The third-order valence-corrected chi connectivity index (χ3v) is 4.98. The van der Waals surface area contributed by atoms with Gasteiger partial charge in [-0.15, -0.1) is 12.4 Å². The van der Waals surface area contributed by atoms with Crippen LogP contribution in [0.4, 0.5) is 0 Å². The second-order valence-electron chi connectivity index (χ2n) is 6.66. The van der Waals surface area contributed by atoms with E-state index < -0.39 is 0 Å². The number of aromatic nitrogens is 1. The van der Waals surface area contributed by atoms with Gasteiger partial charge in [0.1, 0.15) is 11.8 Å². The number of hydrazine groups is 1. The van der Waals surface area contributed by atoms with Gasteiger partial charge in [0.15, 0.2) is 0 Å². The molecule has 4 heterocycles. The fraction of sp³-hybridized carbons (Fsp3) is 0.444. The van der Waals surface area contributed by atoms with Crippen LogP contribution in [0.2, 0.25) is 0 Å². The van der Waals surface area contributed by atoms with Crippen molar-refractivity contribution in [2.24, 2.45) is 5.92 Å². The molecule has 140 valence electrons. The maximum absolute atomic E-state index is 13.3. The van der Waals surface area contributed by atoms with Gasteiger partial charge >= 0.3 is 0 Å². The van der Waals surface area contributed by atoms with Crippen molar-refractivity contribution in [3.63, 3.8) is 0 Å². The van der Waals surface area contributed by atoms with Crippen LogP contribution in [-0.4, -0.2) is 41.0 Å². The molecular weight excluding hydrogens is 354 g/mol. The van der Waals surface area contributed by atoms with E-state index in [-0.39, 0.29) is 30.3 Å². The summed E-state index contributed by atoms with van der Waals surface area (Å²) >= 11 is 0. The van der Waals surface area contributed by atoms with Crippen LogP contribution in [0.15, 0.2) is 47.3 Å². The zero-order valence-corrected chi connectivity index (χ0v) is 15.2. The summed E-state index contributed by atoms with van der Waals surface area (Å²) in [5.74, 6) is 1.12. The van der Waals surface area contributed by atoms with Crippen molar-refractivity contribution in [1.82, 2.24) is 26.1 Å². The molecule has 8 heteroatoms. The van der Waals surface area contributed by atoms with Gasteiger partial charge in [0.2, 0.25) is 5.91 Å². The largest absolute Gasteiger partial charge is 0.467 e. The van der Waals surface area contributed by atoms with Crippen LogP contribution >= 0.6 is 12.4 Å². The number of furan rings is 1. The molecule has 2 saturated heterocycles. The SMILES string of the molecule is Cl.O=C(C1NNC2CCNCC21)N(Cc1cccnc1)Cc1ccco1. The Hall–Kier alpha value is -1.93. The molecule has 7 nitrogen and oxygen atoms in total. The summed E-state index contributed by atoms with van der Waals surface area (Å²) in [6, 6.07) is 7.73. The molecule has 2 aliphatic rings. The molecule has 26 heavy (non-hydrogen) atoms. The standard InChI is InChI=1S/C18H23N5O2.ClH/c24-18(17-15-10-20-7-5-16(15)21-22-17)23(12-14-4-2-8-25-14)11-13-3-1-6-19-9-13;/h1-4,6,8-9,15-17,20-22H,5,7,10-12H2;1H. The Labute approximate surface area is 158 Å². The van der Waals surface area contributed by atoms with E-state index >= 15 is 0 Å². The number of hydrogen-bond acceptors (Lipinski definition) is 6. The minimum absolute atomic E-state index is 0. The van der Waals surface area contributed by atoms with E-state index in [1.54, 1.807) is 18.7 Å². The van der Waals surface area contributed by atoms with Gasteiger partial charge in [-0.25, -0.2) is 5.43 Å². The van der Waals surface area contributed by atoms with E-state index in [0.717, 1.165) is 30.8 Å². The van der Waals surface area contributed by atoms with Crippen LogP contribution in [-0.2, 0) is 17.9 Å². The van der Waals surface area contributed by atoms with E-state index in [9.17, 15) is 4.79 Å². The maximum Gasteiger partial charge on any atom is 0.242 e. The zero-order valence-electron chi connectivity index (χ0n) is 14.4. The van der Waals surface area contributed by atoms with E-state index in [1.165, 1.54) is 0 Å². The first-order valence-corrected chi connectivity index (χ1v) is 8.73. The van der Waals surface area contributed by atoms with Crippen LogP contribution < -0.4 is 16.2 Å². The lowest BCUT2D eigenvalue weighted by Gasteiger charge is -2.30. The summed E-state index contributed by atoms with van der Waals surface area (Å²) in [5, 5.41) is 3.40. The average molecular weight is 378 g/mol. The fourth-order valence-electron chi connectivity index (χ4n) is 3.67. The minimum atomic E-state index is -0.232. The molecule has 2 aliphatic heterocycles. The zero-order chi connectivity index (χ0) is 17.1. The highest BCUT2D eigenvalue weighted by atomic mass is 35.5.